The molecule has 6 nitrogen and oxygen atoms in total. The molecule has 0 spiro atoms. The maximum Gasteiger partial charge on any atom is 0.251 e. The molecule has 5 rings (SSSR count). The van der Waals surface area contributed by atoms with E-state index in [4.69, 9.17) is 9.99 Å². The highest BCUT2D eigenvalue weighted by Crippen LogP contribution is 2.48. The fourth-order valence-electron chi connectivity index (χ4n) is 5.63. The summed E-state index contributed by atoms with van der Waals surface area (Å²) in [5.74, 6) is -0.210. The van der Waals surface area contributed by atoms with E-state index in [0.717, 1.165) is 73.8 Å². The molecule has 1 N–H and O–H groups in total. The van der Waals surface area contributed by atoms with Gasteiger partial charge in [0.25, 0.3) is 5.56 Å². The van der Waals surface area contributed by atoms with Crippen molar-refractivity contribution >= 4 is 0 Å². The van der Waals surface area contributed by atoms with Gasteiger partial charge < -0.3 is 9.30 Å². The van der Waals surface area contributed by atoms with Crippen LogP contribution in [0.5, 0.6) is 5.75 Å². The SMILES string of the molecule is CCOc1cc(C2CC=C(F)C=C2F)c(C2CC2)cc1CN1CCC(n2ccc(COO)cc2=O)CC1. The Morgan fingerprint density at radius 3 is 2.51 bits per heavy atom. The van der Waals surface area contributed by atoms with E-state index in [-0.39, 0.29) is 18.2 Å². The third-order valence-electron chi connectivity index (χ3n) is 7.70. The molecule has 2 heterocycles. The molecular formula is C29H34F2N2O4. The maximum atomic E-state index is 14.8. The summed E-state index contributed by atoms with van der Waals surface area (Å²) in [7, 11) is 0. The van der Waals surface area contributed by atoms with E-state index in [0.29, 0.717) is 24.5 Å². The number of piperidine rings is 1. The van der Waals surface area contributed by atoms with Crippen LogP contribution in [0.15, 0.2) is 59.1 Å². The fourth-order valence-corrected chi connectivity index (χ4v) is 5.63. The monoisotopic (exact) mass is 512 g/mol. The van der Waals surface area contributed by atoms with Crippen LogP contribution in [0.2, 0.25) is 0 Å². The Kier molecular flexibility index (Phi) is 7.88. The Labute approximate surface area is 215 Å². The first-order chi connectivity index (χ1) is 18.0. The van der Waals surface area contributed by atoms with Gasteiger partial charge in [0.05, 0.1) is 6.61 Å². The highest BCUT2D eigenvalue weighted by atomic mass is 19.1. The molecule has 0 bridgehead atoms. The molecule has 3 aliphatic rings. The molecule has 1 atom stereocenters. The van der Waals surface area contributed by atoms with Crippen LogP contribution in [0.4, 0.5) is 8.78 Å². The van der Waals surface area contributed by atoms with Crippen molar-refractivity contribution in [3.05, 3.63) is 86.9 Å². The Balaban J connectivity index is 1.32. The fraction of sp³-hybridized carbons (Fsp3) is 0.483. The Bertz CT molecular complexity index is 1240. The molecule has 1 saturated heterocycles. The summed E-state index contributed by atoms with van der Waals surface area (Å²) in [6.07, 6.45) is 8.44. The Morgan fingerprint density at radius 1 is 1.08 bits per heavy atom. The van der Waals surface area contributed by atoms with Gasteiger partial charge in [0.15, 0.2) is 0 Å². The number of ether oxygens (including phenoxy) is 1. The van der Waals surface area contributed by atoms with Gasteiger partial charge in [-0.3, -0.25) is 15.0 Å². The van der Waals surface area contributed by atoms with Crippen molar-refractivity contribution in [3.8, 4) is 5.75 Å². The van der Waals surface area contributed by atoms with Gasteiger partial charge in [-0.15, -0.1) is 0 Å². The van der Waals surface area contributed by atoms with Gasteiger partial charge >= 0.3 is 0 Å². The lowest BCUT2D eigenvalue weighted by molar-refractivity contribution is -0.253. The first kappa shape index (κ1) is 25.8. The minimum atomic E-state index is -0.510. The second-order valence-electron chi connectivity index (χ2n) is 10.3. The highest BCUT2D eigenvalue weighted by Gasteiger charge is 2.32. The van der Waals surface area contributed by atoms with E-state index in [1.54, 1.807) is 16.8 Å². The third-order valence-corrected chi connectivity index (χ3v) is 7.70. The summed E-state index contributed by atoms with van der Waals surface area (Å²) in [5.41, 5.74) is 3.73. The smallest absolute Gasteiger partial charge is 0.251 e. The van der Waals surface area contributed by atoms with Crippen LogP contribution in [0, 0.1) is 0 Å². The number of halogens is 2. The zero-order chi connectivity index (χ0) is 25.9. The van der Waals surface area contributed by atoms with E-state index >= 15 is 0 Å². The van der Waals surface area contributed by atoms with Crippen LogP contribution in [0.3, 0.4) is 0 Å². The maximum absolute atomic E-state index is 14.8. The van der Waals surface area contributed by atoms with Crippen molar-refractivity contribution in [3.63, 3.8) is 0 Å². The van der Waals surface area contributed by atoms with Gasteiger partial charge in [0.2, 0.25) is 0 Å². The lowest BCUT2D eigenvalue weighted by atomic mass is 9.85. The molecule has 8 heteroatoms. The molecule has 2 aliphatic carbocycles. The standard InChI is InChI=1S/C29H34F2N2O4/c1-2-36-28-16-26(24-6-5-22(30)15-27(24)31)25(20-3-4-20)14-21(28)17-32-10-8-23(9-11-32)33-12-7-19(18-37-35)13-29(33)34/h5,7,12-16,20,23-24,35H,2-4,6,8-11,17-18H2,1H3. The molecule has 1 aromatic heterocycles. The lowest BCUT2D eigenvalue weighted by Gasteiger charge is -2.33. The van der Waals surface area contributed by atoms with Gasteiger partial charge in [-0.05, 0) is 79.8 Å². The van der Waals surface area contributed by atoms with E-state index in [9.17, 15) is 13.6 Å². The van der Waals surface area contributed by atoms with Crippen LogP contribution in [-0.2, 0) is 18.0 Å². The Hall–Kier alpha value is -2.81. The molecule has 37 heavy (non-hydrogen) atoms. The van der Waals surface area contributed by atoms with Crippen LogP contribution < -0.4 is 10.3 Å². The molecule has 198 valence electrons. The molecule has 0 radical (unpaired) electrons. The van der Waals surface area contributed by atoms with E-state index in [1.807, 2.05) is 13.0 Å². The Morgan fingerprint density at radius 2 is 1.86 bits per heavy atom. The van der Waals surface area contributed by atoms with E-state index in [1.165, 1.54) is 12.1 Å². The van der Waals surface area contributed by atoms with E-state index in [2.05, 4.69) is 15.9 Å². The second-order valence-corrected chi connectivity index (χ2v) is 10.3. The zero-order valence-corrected chi connectivity index (χ0v) is 21.2. The number of rotatable bonds is 9. The predicted octanol–water partition coefficient (Wildman–Crippen LogP) is 6.15. The van der Waals surface area contributed by atoms with Crippen molar-refractivity contribution < 1.29 is 23.7 Å². The first-order valence-corrected chi connectivity index (χ1v) is 13.2. The van der Waals surface area contributed by atoms with Gasteiger partial charge in [0.1, 0.15) is 24.0 Å². The molecular weight excluding hydrogens is 478 g/mol. The van der Waals surface area contributed by atoms with Crippen molar-refractivity contribution in [2.75, 3.05) is 19.7 Å². The summed E-state index contributed by atoms with van der Waals surface area (Å²) in [6.45, 7) is 4.86. The second kappa shape index (κ2) is 11.3. The molecule has 1 aliphatic heterocycles. The zero-order valence-electron chi connectivity index (χ0n) is 21.2. The number of allylic oxidation sites excluding steroid dienone is 4. The molecule has 1 saturated carbocycles. The lowest BCUT2D eigenvalue weighted by Crippen LogP contribution is -2.37. The largest absolute Gasteiger partial charge is 0.494 e. The summed E-state index contributed by atoms with van der Waals surface area (Å²) >= 11 is 0. The van der Waals surface area contributed by atoms with E-state index < -0.39 is 17.6 Å². The summed E-state index contributed by atoms with van der Waals surface area (Å²) in [4.78, 5) is 19.1. The minimum absolute atomic E-state index is 0.00438. The number of likely N-dealkylation sites (tertiary alicyclic amines) is 1. The van der Waals surface area contributed by atoms with Gasteiger partial charge in [0, 0.05) is 55.5 Å². The van der Waals surface area contributed by atoms with Crippen LogP contribution in [0.25, 0.3) is 0 Å². The topological polar surface area (TPSA) is 63.9 Å². The summed E-state index contributed by atoms with van der Waals surface area (Å²) < 4.78 is 36.2. The van der Waals surface area contributed by atoms with Gasteiger partial charge in [-0.2, -0.15) is 0 Å². The summed E-state index contributed by atoms with van der Waals surface area (Å²) in [5, 5.41) is 8.63. The number of nitrogens with zero attached hydrogens (tertiary/aromatic N) is 2. The minimum Gasteiger partial charge on any atom is -0.494 e. The van der Waals surface area contributed by atoms with Crippen molar-refractivity contribution in [2.24, 2.45) is 0 Å². The van der Waals surface area contributed by atoms with Crippen LogP contribution in [-0.4, -0.2) is 34.4 Å². The van der Waals surface area contributed by atoms with Crippen LogP contribution >= 0.6 is 0 Å². The molecule has 2 fully saturated rings. The molecule has 1 unspecified atom stereocenters. The summed E-state index contributed by atoms with van der Waals surface area (Å²) in [6, 6.07) is 7.61. The average molecular weight is 513 g/mol. The number of hydrogen-bond donors (Lipinski definition) is 1. The van der Waals surface area contributed by atoms with Crippen molar-refractivity contribution in [1.82, 2.24) is 9.47 Å². The third kappa shape index (κ3) is 5.87. The number of hydrogen-bond acceptors (Lipinski definition) is 5. The molecule has 2 aromatic rings. The average Bonchev–Trinajstić information content (AvgIpc) is 3.72. The van der Waals surface area contributed by atoms with Crippen molar-refractivity contribution in [1.29, 1.82) is 0 Å². The number of benzene rings is 1. The normalized spacial score (nSPS) is 21.0. The highest BCUT2D eigenvalue weighted by molar-refractivity contribution is 5.50. The van der Waals surface area contributed by atoms with Gasteiger partial charge in [-0.1, -0.05) is 6.07 Å². The number of aromatic nitrogens is 1. The van der Waals surface area contributed by atoms with Gasteiger partial charge in [-0.25, -0.2) is 13.7 Å². The molecule has 0 amide bonds. The van der Waals surface area contributed by atoms with Crippen LogP contribution in [0.1, 0.15) is 79.2 Å². The quantitative estimate of drug-likeness (QED) is 0.323. The predicted molar refractivity (Wildman–Crippen MR) is 137 cm³/mol. The number of pyridine rings is 1. The first-order valence-electron chi connectivity index (χ1n) is 13.2. The molecule has 1 aromatic carbocycles. The van der Waals surface area contributed by atoms with Crippen molar-refractivity contribution in [2.45, 2.75) is 70.1 Å².